The van der Waals surface area contributed by atoms with E-state index in [1.165, 1.54) is 10.5 Å². The second kappa shape index (κ2) is 5.92. The van der Waals surface area contributed by atoms with Gasteiger partial charge in [0.15, 0.2) is 17.4 Å². The molecule has 2 aliphatic rings. The number of thioether (sulfide) groups is 1. The SMILES string of the molecule is CN1C(=O)NC(=O)C2C1N=C(SCc1cccc(Br)c1)N2C. The van der Waals surface area contributed by atoms with Crippen LogP contribution in [0.4, 0.5) is 4.79 Å². The molecule has 2 aliphatic heterocycles. The fourth-order valence-corrected chi connectivity index (χ4v) is 3.93. The van der Waals surface area contributed by atoms with Crippen LogP contribution in [-0.2, 0) is 10.5 Å². The van der Waals surface area contributed by atoms with Gasteiger partial charge in [0.2, 0.25) is 0 Å². The Morgan fingerprint density at radius 1 is 1.32 bits per heavy atom. The number of nitrogens with zero attached hydrogens (tertiary/aromatic N) is 3. The molecule has 8 heteroatoms. The summed E-state index contributed by atoms with van der Waals surface area (Å²) >= 11 is 5.02. The van der Waals surface area contributed by atoms with E-state index in [1.54, 1.807) is 18.8 Å². The Bertz CT molecular complexity index is 666. The highest BCUT2D eigenvalue weighted by molar-refractivity contribution is 9.10. The molecule has 2 unspecified atom stereocenters. The number of imide groups is 1. The summed E-state index contributed by atoms with van der Waals surface area (Å²) in [6.07, 6.45) is -0.448. The zero-order valence-corrected chi connectivity index (χ0v) is 14.5. The van der Waals surface area contributed by atoms with Gasteiger partial charge < -0.3 is 9.80 Å². The Balaban J connectivity index is 1.74. The van der Waals surface area contributed by atoms with Gasteiger partial charge in [-0.2, -0.15) is 0 Å². The maximum atomic E-state index is 12.0. The molecule has 116 valence electrons. The third kappa shape index (κ3) is 2.72. The summed E-state index contributed by atoms with van der Waals surface area (Å²) < 4.78 is 1.03. The maximum absolute atomic E-state index is 12.0. The summed E-state index contributed by atoms with van der Waals surface area (Å²) in [7, 11) is 3.49. The third-order valence-electron chi connectivity index (χ3n) is 3.72. The Morgan fingerprint density at radius 2 is 2.09 bits per heavy atom. The van der Waals surface area contributed by atoms with E-state index in [9.17, 15) is 9.59 Å². The number of aliphatic imine (C=N–C) groups is 1. The number of amides is 3. The quantitative estimate of drug-likeness (QED) is 0.847. The topological polar surface area (TPSA) is 65.0 Å². The van der Waals surface area contributed by atoms with Crippen LogP contribution in [0.3, 0.4) is 0 Å². The van der Waals surface area contributed by atoms with Crippen LogP contribution in [0.1, 0.15) is 5.56 Å². The highest BCUT2D eigenvalue weighted by Crippen LogP contribution is 2.28. The van der Waals surface area contributed by atoms with Crippen molar-refractivity contribution < 1.29 is 9.59 Å². The number of hydrogen-bond donors (Lipinski definition) is 1. The normalized spacial score (nSPS) is 24.2. The molecule has 0 aromatic heterocycles. The number of carbonyl (C=O) groups excluding carboxylic acids is 2. The maximum Gasteiger partial charge on any atom is 0.325 e. The molecule has 0 radical (unpaired) electrons. The Morgan fingerprint density at radius 3 is 2.82 bits per heavy atom. The highest BCUT2D eigenvalue weighted by atomic mass is 79.9. The fraction of sp³-hybridized carbons (Fsp3) is 0.357. The lowest BCUT2D eigenvalue weighted by Crippen LogP contribution is -2.63. The van der Waals surface area contributed by atoms with Gasteiger partial charge >= 0.3 is 6.03 Å². The lowest BCUT2D eigenvalue weighted by Gasteiger charge is -2.34. The molecule has 1 fully saturated rings. The van der Waals surface area contributed by atoms with Gasteiger partial charge in [-0.15, -0.1) is 0 Å². The molecule has 0 bridgehead atoms. The Hall–Kier alpha value is -1.54. The zero-order chi connectivity index (χ0) is 15.9. The second-order valence-corrected chi connectivity index (χ2v) is 7.06. The van der Waals surface area contributed by atoms with Gasteiger partial charge in [0, 0.05) is 24.3 Å². The number of nitrogens with one attached hydrogen (secondary N) is 1. The van der Waals surface area contributed by atoms with Gasteiger partial charge in [0.05, 0.1) is 0 Å². The van der Waals surface area contributed by atoms with Gasteiger partial charge in [-0.25, -0.2) is 9.79 Å². The fourth-order valence-electron chi connectivity index (χ4n) is 2.50. The molecule has 0 saturated carbocycles. The minimum Gasteiger partial charge on any atom is -0.339 e. The molecule has 1 aromatic rings. The molecule has 6 nitrogen and oxygen atoms in total. The summed E-state index contributed by atoms with van der Waals surface area (Å²) in [5.41, 5.74) is 1.17. The molecular weight excluding hydrogens is 368 g/mol. The van der Waals surface area contributed by atoms with Gasteiger partial charge in [0.1, 0.15) is 0 Å². The first-order chi connectivity index (χ1) is 10.5. The number of rotatable bonds is 2. The molecule has 3 rings (SSSR count). The highest BCUT2D eigenvalue weighted by Gasteiger charge is 2.47. The molecule has 22 heavy (non-hydrogen) atoms. The van der Waals surface area contributed by atoms with Crippen LogP contribution in [0, 0.1) is 0 Å². The average molecular weight is 383 g/mol. The monoisotopic (exact) mass is 382 g/mol. The van der Waals surface area contributed by atoms with Crippen molar-refractivity contribution in [3.63, 3.8) is 0 Å². The molecule has 1 N–H and O–H groups in total. The number of benzene rings is 1. The van der Waals surface area contributed by atoms with Crippen molar-refractivity contribution in [2.75, 3.05) is 14.1 Å². The summed E-state index contributed by atoms with van der Waals surface area (Å²) in [5, 5.41) is 3.12. The van der Waals surface area contributed by atoms with Gasteiger partial charge in [-0.05, 0) is 17.7 Å². The Labute approximate surface area is 141 Å². The molecule has 0 aliphatic carbocycles. The van der Waals surface area contributed by atoms with Crippen molar-refractivity contribution in [1.29, 1.82) is 0 Å². The predicted molar refractivity (Wildman–Crippen MR) is 89.5 cm³/mol. The summed E-state index contributed by atoms with van der Waals surface area (Å²) in [6, 6.07) is 7.21. The number of amidine groups is 1. The van der Waals surface area contributed by atoms with E-state index < -0.39 is 18.2 Å². The van der Waals surface area contributed by atoms with Gasteiger partial charge in [-0.1, -0.05) is 39.8 Å². The van der Waals surface area contributed by atoms with Gasteiger partial charge in [-0.3, -0.25) is 10.1 Å². The van der Waals surface area contributed by atoms with E-state index >= 15 is 0 Å². The van der Waals surface area contributed by atoms with E-state index in [0.29, 0.717) is 0 Å². The minimum atomic E-state index is -0.451. The smallest absolute Gasteiger partial charge is 0.325 e. The van der Waals surface area contributed by atoms with E-state index in [2.05, 4.69) is 32.3 Å². The second-order valence-electron chi connectivity index (χ2n) is 5.20. The lowest BCUT2D eigenvalue weighted by atomic mass is 10.1. The van der Waals surface area contributed by atoms with Crippen LogP contribution >= 0.6 is 27.7 Å². The van der Waals surface area contributed by atoms with E-state index in [-0.39, 0.29) is 5.91 Å². The van der Waals surface area contributed by atoms with Crippen molar-refractivity contribution in [2.24, 2.45) is 4.99 Å². The lowest BCUT2D eigenvalue weighted by molar-refractivity contribution is -0.126. The minimum absolute atomic E-state index is 0.294. The van der Waals surface area contributed by atoms with E-state index in [1.807, 2.05) is 30.1 Å². The summed E-state index contributed by atoms with van der Waals surface area (Å²) in [6.45, 7) is 0. The first-order valence-electron chi connectivity index (χ1n) is 6.73. The molecule has 0 spiro atoms. The number of halogens is 1. The van der Waals surface area contributed by atoms with E-state index in [0.717, 1.165) is 15.4 Å². The standard InChI is InChI=1S/C14H15BrN4O2S/c1-18-10-11(19(2)13(21)17-12(10)20)16-14(18)22-7-8-4-3-5-9(15)6-8/h3-6,10-11H,7H2,1-2H3,(H,17,20,21). The number of carbonyl (C=O) groups is 2. The van der Waals surface area contributed by atoms with Crippen LogP contribution in [0.5, 0.6) is 0 Å². The third-order valence-corrected chi connectivity index (χ3v) is 5.34. The van der Waals surface area contributed by atoms with Crippen molar-refractivity contribution in [3.8, 4) is 0 Å². The molecule has 2 heterocycles. The van der Waals surface area contributed by atoms with Crippen molar-refractivity contribution in [2.45, 2.75) is 18.0 Å². The molecule has 3 amide bonds. The number of hydrogen-bond acceptors (Lipinski definition) is 5. The average Bonchev–Trinajstić information content (AvgIpc) is 2.80. The first-order valence-corrected chi connectivity index (χ1v) is 8.51. The molecule has 2 atom stereocenters. The zero-order valence-electron chi connectivity index (χ0n) is 12.1. The first kappa shape index (κ1) is 15.4. The number of fused-ring (bicyclic) bond motifs is 1. The van der Waals surface area contributed by atoms with E-state index in [4.69, 9.17) is 0 Å². The molecular formula is C14H15BrN4O2S. The summed E-state index contributed by atoms with van der Waals surface area (Å²) in [4.78, 5) is 31.5. The van der Waals surface area contributed by atoms with Crippen molar-refractivity contribution >= 4 is 44.8 Å². The van der Waals surface area contributed by atoms with Crippen LogP contribution < -0.4 is 5.32 Å². The van der Waals surface area contributed by atoms with Crippen LogP contribution in [0.15, 0.2) is 33.7 Å². The Kier molecular flexibility index (Phi) is 4.14. The number of likely N-dealkylation sites (N-methyl/N-ethyl adjacent to an activating group) is 2. The summed E-state index contributed by atoms with van der Waals surface area (Å²) in [5.74, 6) is 0.457. The van der Waals surface area contributed by atoms with Crippen LogP contribution in [0.2, 0.25) is 0 Å². The largest absolute Gasteiger partial charge is 0.339 e. The number of urea groups is 1. The molecule has 1 aromatic carbocycles. The van der Waals surface area contributed by atoms with Crippen molar-refractivity contribution in [3.05, 3.63) is 34.3 Å². The predicted octanol–water partition coefficient (Wildman–Crippen LogP) is 1.86. The van der Waals surface area contributed by atoms with Crippen LogP contribution in [0.25, 0.3) is 0 Å². The molecule has 1 saturated heterocycles. The van der Waals surface area contributed by atoms with Crippen LogP contribution in [-0.4, -0.2) is 53.2 Å². The van der Waals surface area contributed by atoms with Crippen molar-refractivity contribution in [1.82, 2.24) is 15.1 Å². The van der Waals surface area contributed by atoms with Gasteiger partial charge in [0.25, 0.3) is 5.91 Å².